The molecule has 9 nitrogen and oxygen atoms in total. The van der Waals surface area contributed by atoms with Gasteiger partial charge in [-0.2, -0.15) is 0 Å². The third-order valence-electron chi connectivity index (χ3n) is 4.31. The molecule has 0 saturated heterocycles. The van der Waals surface area contributed by atoms with Crippen molar-refractivity contribution in [2.24, 2.45) is 0 Å². The highest BCUT2D eigenvalue weighted by Gasteiger charge is 2.16. The zero-order valence-corrected chi connectivity index (χ0v) is 17.6. The van der Waals surface area contributed by atoms with Crippen molar-refractivity contribution in [3.63, 3.8) is 0 Å². The minimum atomic E-state index is -0.343. The predicted molar refractivity (Wildman–Crippen MR) is 109 cm³/mol. The smallest absolute Gasteiger partial charge is 0.309 e. The number of methoxy groups -OCH3 is 2. The first-order chi connectivity index (χ1) is 13.9. The second-order valence-corrected chi connectivity index (χ2v) is 7.02. The van der Waals surface area contributed by atoms with Crippen LogP contribution in [0.4, 0.5) is 5.82 Å². The summed E-state index contributed by atoms with van der Waals surface area (Å²) in [5.74, 6) is 0.0406. The molecule has 0 aliphatic rings. The fourth-order valence-corrected chi connectivity index (χ4v) is 3.34. The van der Waals surface area contributed by atoms with Crippen LogP contribution in [-0.4, -0.2) is 45.7 Å². The van der Waals surface area contributed by atoms with Gasteiger partial charge in [0, 0.05) is 6.42 Å². The number of ether oxygens (including phenoxy) is 2. The van der Waals surface area contributed by atoms with Crippen molar-refractivity contribution in [3.05, 3.63) is 46.0 Å². The summed E-state index contributed by atoms with van der Waals surface area (Å²) in [6.45, 7) is 0.457. The Labute approximate surface area is 175 Å². The molecule has 0 bridgehead atoms. The Kier molecular flexibility index (Phi) is 6.42. The number of fused-ring (bicyclic) bond motifs is 1. The first-order valence-electron chi connectivity index (χ1n) is 8.80. The minimum Gasteiger partial charge on any atom is -0.469 e. The Morgan fingerprint density at radius 3 is 2.55 bits per heavy atom. The molecule has 0 spiro atoms. The first-order valence-corrected chi connectivity index (χ1v) is 9.60. The van der Waals surface area contributed by atoms with Gasteiger partial charge < -0.3 is 15.2 Å². The number of nitrogen functional groups attached to an aromatic ring is 1. The van der Waals surface area contributed by atoms with E-state index in [4.69, 9.17) is 10.5 Å². The summed E-state index contributed by atoms with van der Waals surface area (Å²) in [6, 6.07) is 7.62. The molecular formula is C19H20BrN5O4. The number of carbonyl (C=O) groups excluding carboxylic acids is 2. The number of aromatic nitrogens is 4. The van der Waals surface area contributed by atoms with Crippen molar-refractivity contribution < 1.29 is 19.1 Å². The topological polar surface area (TPSA) is 122 Å². The van der Waals surface area contributed by atoms with E-state index in [-0.39, 0.29) is 30.6 Å². The molecule has 0 amide bonds. The summed E-state index contributed by atoms with van der Waals surface area (Å²) in [6.07, 6.45) is 0.666. The van der Waals surface area contributed by atoms with Gasteiger partial charge >= 0.3 is 11.9 Å². The summed E-state index contributed by atoms with van der Waals surface area (Å²) >= 11 is 3.45. The van der Waals surface area contributed by atoms with E-state index in [9.17, 15) is 9.59 Å². The van der Waals surface area contributed by atoms with Crippen molar-refractivity contribution in [1.29, 1.82) is 0 Å². The van der Waals surface area contributed by atoms with Crippen LogP contribution in [-0.2, 0) is 38.4 Å². The fourth-order valence-electron chi connectivity index (χ4n) is 2.87. The predicted octanol–water partition coefficient (Wildman–Crippen LogP) is 2.04. The first kappa shape index (κ1) is 20.7. The molecule has 3 rings (SSSR count). The molecule has 2 aromatic heterocycles. The number of hydrogen-bond donors (Lipinski definition) is 1. The minimum absolute atomic E-state index is 0.159. The number of aryl methyl sites for hydroxylation is 1. The normalized spacial score (nSPS) is 10.9. The maximum absolute atomic E-state index is 11.5. The van der Waals surface area contributed by atoms with Crippen LogP contribution in [0.5, 0.6) is 0 Å². The number of nitrogens with two attached hydrogens (primary N) is 1. The van der Waals surface area contributed by atoms with Crippen LogP contribution >= 0.6 is 15.9 Å². The van der Waals surface area contributed by atoms with Crippen molar-refractivity contribution in [1.82, 2.24) is 19.5 Å². The maximum atomic E-state index is 11.5. The van der Waals surface area contributed by atoms with Crippen LogP contribution in [0.2, 0.25) is 0 Å². The van der Waals surface area contributed by atoms with E-state index >= 15 is 0 Å². The average Bonchev–Trinajstić information content (AvgIpc) is 3.02. The van der Waals surface area contributed by atoms with Gasteiger partial charge in [0.15, 0.2) is 21.7 Å². The molecule has 1 aromatic carbocycles. The lowest BCUT2D eigenvalue weighted by molar-refractivity contribution is -0.141. The third-order valence-corrected chi connectivity index (χ3v) is 4.92. The number of imidazole rings is 1. The number of hydrogen-bond acceptors (Lipinski definition) is 8. The molecule has 0 radical (unpaired) electrons. The van der Waals surface area contributed by atoms with Gasteiger partial charge in [0.05, 0.1) is 33.6 Å². The van der Waals surface area contributed by atoms with Crippen LogP contribution in [0.15, 0.2) is 29.0 Å². The largest absolute Gasteiger partial charge is 0.469 e. The van der Waals surface area contributed by atoms with Crippen molar-refractivity contribution in [3.8, 4) is 0 Å². The fraction of sp³-hybridized carbons (Fsp3) is 0.316. The number of carbonyl (C=O) groups is 2. The molecule has 2 heterocycles. The summed E-state index contributed by atoms with van der Waals surface area (Å²) in [4.78, 5) is 36.1. The van der Waals surface area contributed by atoms with Gasteiger partial charge in [-0.1, -0.05) is 24.3 Å². The van der Waals surface area contributed by atoms with Crippen LogP contribution in [0, 0.1) is 0 Å². The molecule has 29 heavy (non-hydrogen) atoms. The lowest BCUT2D eigenvalue weighted by Gasteiger charge is -2.09. The number of rotatable bonds is 7. The second-order valence-electron chi connectivity index (χ2n) is 6.31. The molecule has 0 unspecified atom stereocenters. The van der Waals surface area contributed by atoms with E-state index in [1.807, 2.05) is 28.8 Å². The van der Waals surface area contributed by atoms with Gasteiger partial charge in [-0.15, -0.1) is 0 Å². The Morgan fingerprint density at radius 1 is 1.10 bits per heavy atom. The van der Waals surface area contributed by atoms with Gasteiger partial charge in [-0.3, -0.25) is 14.2 Å². The van der Waals surface area contributed by atoms with Gasteiger partial charge in [-0.25, -0.2) is 15.0 Å². The quantitative estimate of drug-likeness (QED) is 0.418. The molecular weight excluding hydrogens is 442 g/mol. The van der Waals surface area contributed by atoms with Crippen LogP contribution in [0.3, 0.4) is 0 Å². The molecule has 3 aromatic rings. The van der Waals surface area contributed by atoms with Crippen molar-refractivity contribution in [2.45, 2.75) is 25.8 Å². The average molecular weight is 462 g/mol. The summed E-state index contributed by atoms with van der Waals surface area (Å²) in [5, 5.41) is 0. The van der Waals surface area contributed by atoms with Gasteiger partial charge in [-0.05, 0) is 27.1 Å². The Bertz CT molecular complexity index is 1070. The highest BCUT2D eigenvalue weighted by molar-refractivity contribution is 9.10. The molecule has 0 aliphatic heterocycles. The lowest BCUT2D eigenvalue weighted by Crippen LogP contribution is -2.08. The van der Waals surface area contributed by atoms with Crippen molar-refractivity contribution in [2.75, 3.05) is 20.0 Å². The SMILES string of the molecule is COC(=O)CCc1nc(N)c2nc(Br)n(Cc3cccc(CC(=O)OC)c3)c2n1. The number of esters is 2. The zero-order valence-electron chi connectivity index (χ0n) is 16.0. The zero-order chi connectivity index (χ0) is 21.0. The van der Waals surface area contributed by atoms with E-state index in [0.717, 1.165) is 11.1 Å². The Balaban J connectivity index is 1.92. The highest BCUT2D eigenvalue weighted by Crippen LogP contribution is 2.24. The Hall–Kier alpha value is -3.01. The Morgan fingerprint density at radius 2 is 1.83 bits per heavy atom. The molecule has 152 valence electrons. The van der Waals surface area contributed by atoms with Gasteiger partial charge in [0.25, 0.3) is 0 Å². The van der Waals surface area contributed by atoms with E-state index in [2.05, 4.69) is 35.6 Å². The van der Waals surface area contributed by atoms with Crippen molar-refractivity contribution >= 4 is 44.9 Å². The number of halogens is 1. The van der Waals surface area contributed by atoms with Gasteiger partial charge in [0.2, 0.25) is 0 Å². The summed E-state index contributed by atoms with van der Waals surface area (Å²) < 4.78 is 11.8. The van der Waals surface area contributed by atoms with E-state index in [1.54, 1.807) is 0 Å². The molecule has 0 saturated carbocycles. The van der Waals surface area contributed by atoms with E-state index in [0.29, 0.717) is 34.7 Å². The molecule has 2 N–H and O–H groups in total. The number of nitrogens with zero attached hydrogens (tertiary/aromatic N) is 4. The highest BCUT2D eigenvalue weighted by atomic mass is 79.9. The molecule has 10 heteroatoms. The maximum Gasteiger partial charge on any atom is 0.309 e. The van der Waals surface area contributed by atoms with Crippen LogP contribution in [0.1, 0.15) is 23.4 Å². The standard InChI is InChI=1S/C19H20BrN5O4/c1-28-14(26)7-6-13-22-17(21)16-18(23-13)25(19(20)24-16)10-12-5-3-4-11(8-12)9-15(27)29-2/h3-5,8H,6-7,9-10H2,1-2H3,(H2,21,22,23). The lowest BCUT2D eigenvalue weighted by atomic mass is 10.1. The van der Waals surface area contributed by atoms with E-state index in [1.165, 1.54) is 14.2 Å². The monoisotopic (exact) mass is 461 g/mol. The van der Waals surface area contributed by atoms with E-state index < -0.39 is 0 Å². The molecule has 0 fully saturated rings. The summed E-state index contributed by atoms with van der Waals surface area (Å²) in [5.41, 5.74) is 8.89. The van der Waals surface area contributed by atoms with Gasteiger partial charge in [0.1, 0.15) is 5.82 Å². The molecule has 0 atom stereocenters. The third kappa shape index (κ3) is 4.89. The van der Waals surface area contributed by atoms with Crippen LogP contribution < -0.4 is 5.73 Å². The van der Waals surface area contributed by atoms with Crippen LogP contribution in [0.25, 0.3) is 11.2 Å². The number of anilines is 1. The number of benzene rings is 1. The molecule has 0 aliphatic carbocycles. The summed E-state index contributed by atoms with van der Waals surface area (Å²) in [7, 11) is 2.70. The second kappa shape index (κ2) is 8.99.